The van der Waals surface area contributed by atoms with Gasteiger partial charge in [-0.25, -0.2) is 4.98 Å². The minimum atomic E-state index is -0.681. The zero-order valence-electron chi connectivity index (χ0n) is 10.2. The number of aromatic nitrogens is 3. The molecule has 0 aliphatic heterocycles. The van der Waals surface area contributed by atoms with E-state index in [9.17, 15) is 5.11 Å². The molecule has 0 spiro atoms. The van der Waals surface area contributed by atoms with Crippen LogP contribution in [0.15, 0.2) is 30.9 Å². The van der Waals surface area contributed by atoms with Gasteiger partial charge in [-0.2, -0.15) is 0 Å². The lowest BCUT2D eigenvalue weighted by Crippen LogP contribution is -2.10. The molecule has 0 saturated carbocycles. The van der Waals surface area contributed by atoms with Crippen LogP contribution in [0.25, 0.3) is 0 Å². The van der Waals surface area contributed by atoms with Crippen LogP contribution in [0, 0.1) is 6.92 Å². The highest BCUT2D eigenvalue weighted by Crippen LogP contribution is 2.22. The summed E-state index contributed by atoms with van der Waals surface area (Å²) >= 11 is 0. The van der Waals surface area contributed by atoms with Gasteiger partial charge in [0, 0.05) is 31.3 Å². The third kappa shape index (κ3) is 2.36. The van der Waals surface area contributed by atoms with Crippen LogP contribution in [-0.2, 0) is 6.54 Å². The highest BCUT2D eigenvalue weighted by molar-refractivity contribution is 5.28. The SMILES string of the molecule is CCCn1ccnc1C(O)c1ccncc1C. The minimum Gasteiger partial charge on any atom is -0.380 e. The molecule has 0 aliphatic carbocycles. The van der Waals surface area contributed by atoms with Gasteiger partial charge in [0.1, 0.15) is 11.9 Å². The number of pyridine rings is 1. The Hall–Kier alpha value is -1.68. The van der Waals surface area contributed by atoms with Crippen LogP contribution >= 0.6 is 0 Å². The van der Waals surface area contributed by atoms with Crippen molar-refractivity contribution in [2.45, 2.75) is 32.9 Å². The molecule has 0 aromatic carbocycles. The molecule has 2 heterocycles. The fraction of sp³-hybridized carbons (Fsp3) is 0.385. The molecule has 1 N–H and O–H groups in total. The molecule has 0 bridgehead atoms. The maximum Gasteiger partial charge on any atom is 0.142 e. The van der Waals surface area contributed by atoms with Crippen molar-refractivity contribution in [1.82, 2.24) is 14.5 Å². The monoisotopic (exact) mass is 231 g/mol. The van der Waals surface area contributed by atoms with E-state index in [1.54, 1.807) is 18.6 Å². The first kappa shape index (κ1) is 11.8. The van der Waals surface area contributed by atoms with Gasteiger partial charge < -0.3 is 9.67 Å². The van der Waals surface area contributed by atoms with Crippen molar-refractivity contribution in [2.75, 3.05) is 0 Å². The summed E-state index contributed by atoms with van der Waals surface area (Å²) < 4.78 is 1.99. The van der Waals surface area contributed by atoms with Crippen molar-refractivity contribution >= 4 is 0 Å². The van der Waals surface area contributed by atoms with Gasteiger partial charge in [0.05, 0.1) is 0 Å². The fourth-order valence-corrected chi connectivity index (χ4v) is 1.93. The van der Waals surface area contributed by atoms with E-state index in [1.165, 1.54) is 0 Å². The molecule has 1 unspecified atom stereocenters. The average Bonchev–Trinajstić information content (AvgIpc) is 2.78. The van der Waals surface area contributed by atoms with Crippen molar-refractivity contribution in [2.24, 2.45) is 0 Å². The van der Waals surface area contributed by atoms with Crippen molar-refractivity contribution in [3.8, 4) is 0 Å². The quantitative estimate of drug-likeness (QED) is 0.876. The molecule has 1 atom stereocenters. The first-order valence-corrected chi connectivity index (χ1v) is 5.83. The Balaban J connectivity index is 2.34. The van der Waals surface area contributed by atoms with E-state index < -0.39 is 6.10 Å². The molecule has 0 amide bonds. The average molecular weight is 231 g/mol. The van der Waals surface area contributed by atoms with E-state index in [0.29, 0.717) is 5.82 Å². The Kier molecular flexibility index (Phi) is 3.54. The van der Waals surface area contributed by atoms with Gasteiger partial charge in [0.15, 0.2) is 0 Å². The summed E-state index contributed by atoms with van der Waals surface area (Å²) in [7, 11) is 0. The van der Waals surface area contributed by atoms with Gasteiger partial charge in [-0.05, 0) is 30.5 Å². The van der Waals surface area contributed by atoms with Gasteiger partial charge in [-0.1, -0.05) is 6.92 Å². The third-order valence-corrected chi connectivity index (χ3v) is 2.82. The lowest BCUT2D eigenvalue weighted by atomic mass is 10.1. The normalized spacial score (nSPS) is 12.6. The van der Waals surface area contributed by atoms with Gasteiger partial charge in [-0.15, -0.1) is 0 Å². The maximum absolute atomic E-state index is 10.4. The second kappa shape index (κ2) is 5.10. The number of aliphatic hydroxyl groups excluding tert-OH is 1. The number of imidazole rings is 1. The standard InChI is InChI=1S/C13H17N3O/c1-3-7-16-8-6-15-13(16)12(17)11-4-5-14-9-10(11)2/h4-6,8-9,12,17H,3,7H2,1-2H3. The maximum atomic E-state index is 10.4. The topological polar surface area (TPSA) is 50.9 Å². The van der Waals surface area contributed by atoms with Crippen LogP contribution < -0.4 is 0 Å². The Morgan fingerprint density at radius 2 is 2.24 bits per heavy atom. The lowest BCUT2D eigenvalue weighted by Gasteiger charge is -2.14. The molecule has 0 aliphatic rings. The summed E-state index contributed by atoms with van der Waals surface area (Å²) in [4.78, 5) is 8.27. The van der Waals surface area contributed by atoms with Crippen LogP contribution in [-0.4, -0.2) is 19.6 Å². The third-order valence-electron chi connectivity index (χ3n) is 2.82. The zero-order chi connectivity index (χ0) is 12.3. The molecule has 0 fully saturated rings. The minimum absolute atomic E-state index is 0.681. The molecule has 17 heavy (non-hydrogen) atoms. The van der Waals surface area contributed by atoms with Crippen molar-refractivity contribution in [3.63, 3.8) is 0 Å². The summed E-state index contributed by atoms with van der Waals surface area (Å²) in [5, 5.41) is 10.4. The Morgan fingerprint density at radius 1 is 1.41 bits per heavy atom. The van der Waals surface area contributed by atoms with Crippen LogP contribution in [0.1, 0.15) is 36.4 Å². The molecule has 4 heteroatoms. The van der Waals surface area contributed by atoms with Crippen LogP contribution in [0.4, 0.5) is 0 Å². The van der Waals surface area contributed by atoms with Crippen molar-refractivity contribution in [1.29, 1.82) is 0 Å². The molecule has 0 radical (unpaired) electrons. The van der Waals surface area contributed by atoms with Gasteiger partial charge in [-0.3, -0.25) is 4.98 Å². The lowest BCUT2D eigenvalue weighted by molar-refractivity contribution is 0.203. The summed E-state index contributed by atoms with van der Waals surface area (Å²) in [6, 6.07) is 1.84. The molecular weight excluding hydrogens is 214 g/mol. The van der Waals surface area contributed by atoms with E-state index in [1.807, 2.05) is 23.8 Å². The van der Waals surface area contributed by atoms with Crippen LogP contribution in [0.5, 0.6) is 0 Å². The number of aryl methyl sites for hydroxylation is 2. The number of nitrogens with zero attached hydrogens (tertiary/aromatic N) is 3. The molecule has 2 aromatic rings. The van der Waals surface area contributed by atoms with Gasteiger partial charge in [0.25, 0.3) is 0 Å². The first-order chi connectivity index (χ1) is 8.24. The largest absolute Gasteiger partial charge is 0.380 e. The van der Waals surface area contributed by atoms with E-state index in [0.717, 1.165) is 24.1 Å². The number of aliphatic hydroxyl groups is 1. The second-order valence-corrected chi connectivity index (χ2v) is 4.11. The second-order valence-electron chi connectivity index (χ2n) is 4.11. The van der Waals surface area contributed by atoms with Crippen LogP contribution in [0.2, 0.25) is 0 Å². The molecule has 4 nitrogen and oxygen atoms in total. The number of hydrogen-bond acceptors (Lipinski definition) is 3. The van der Waals surface area contributed by atoms with E-state index in [4.69, 9.17) is 0 Å². The first-order valence-electron chi connectivity index (χ1n) is 5.83. The molecular formula is C13H17N3O. The van der Waals surface area contributed by atoms with E-state index in [-0.39, 0.29) is 0 Å². The molecule has 2 rings (SSSR count). The zero-order valence-corrected chi connectivity index (χ0v) is 10.2. The fourth-order valence-electron chi connectivity index (χ4n) is 1.93. The highest BCUT2D eigenvalue weighted by atomic mass is 16.3. The number of rotatable bonds is 4. The molecule has 90 valence electrons. The van der Waals surface area contributed by atoms with Gasteiger partial charge in [0.2, 0.25) is 0 Å². The summed E-state index contributed by atoms with van der Waals surface area (Å²) in [6.45, 7) is 4.92. The molecule has 2 aromatic heterocycles. The molecule has 0 saturated heterocycles. The predicted molar refractivity (Wildman–Crippen MR) is 65.6 cm³/mol. The van der Waals surface area contributed by atoms with Crippen molar-refractivity contribution in [3.05, 3.63) is 47.8 Å². The predicted octanol–water partition coefficient (Wildman–Crippen LogP) is 2.08. The Morgan fingerprint density at radius 3 is 2.94 bits per heavy atom. The smallest absolute Gasteiger partial charge is 0.142 e. The van der Waals surface area contributed by atoms with Gasteiger partial charge >= 0.3 is 0 Å². The van der Waals surface area contributed by atoms with Crippen LogP contribution in [0.3, 0.4) is 0 Å². The summed E-state index contributed by atoms with van der Waals surface area (Å²) in [5.41, 5.74) is 1.84. The van der Waals surface area contributed by atoms with E-state index in [2.05, 4.69) is 16.9 Å². The van der Waals surface area contributed by atoms with E-state index >= 15 is 0 Å². The summed E-state index contributed by atoms with van der Waals surface area (Å²) in [5.74, 6) is 0.696. The Labute approximate surface area is 101 Å². The Bertz CT molecular complexity index is 493. The highest BCUT2D eigenvalue weighted by Gasteiger charge is 2.17. The summed E-state index contributed by atoms with van der Waals surface area (Å²) in [6.07, 6.45) is 7.42. The van der Waals surface area contributed by atoms with Crippen molar-refractivity contribution < 1.29 is 5.11 Å². The number of hydrogen-bond donors (Lipinski definition) is 1.